The molecule has 2 aliphatic rings. The Bertz CT molecular complexity index is 1270. The lowest BCUT2D eigenvalue weighted by Crippen LogP contribution is -2.49. The lowest BCUT2D eigenvalue weighted by atomic mass is 10.0. The summed E-state index contributed by atoms with van der Waals surface area (Å²) in [6.45, 7) is 4.29. The number of aromatic nitrogens is 2. The van der Waals surface area contributed by atoms with Crippen molar-refractivity contribution >= 4 is 17.2 Å². The molecule has 4 heterocycles. The van der Waals surface area contributed by atoms with Gasteiger partial charge in [-0.25, -0.2) is 4.52 Å². The minimum atomic E-state index is -0.443. The van der Waals surface area contributed by atoms with E-state index in [1.807, 2.05) is 19.1 Å². The average molecular weight is 416 g/mol. The van der Waals surface area contributed by atoms with Gasteiger partial charge in [-0.2, -0.15) is 10.4 Å². The Balaban J connectivity index is 1.44. The highest BCUT2D eigenvalue weighted by Gasteiger charge is 2.33. The molecule has 0 saturated carbocycles. The maximum absolute atomic E-state index is 12.9. The van der Waals surface area contributed by atoms with E-state index >= 15 is 0 Å². The first-order valence-corrected chi connectivity index (χ1v) is 10.1. The fourth-order valence-electron chi connectivity index (χ4n) is 4.04. The molecule has 1 saturated heterocycles. The second-order valence-electron chi connectivity index (χ2n) is 7.99. The Morgan fingerprint density at radius 1 is 1.29 bits per heavy atom. The second kappa shape index (κ2) is 7.13. The van der Waals surface area contributed by atoms with E-state index in [1.54, 1.807) is 33.9 Å². The van der Waals surface area contributed by atoms with Gasteiger partial charge in [-0.3, -0.25) is 9.59 Å². The summed E-state index contributed by atoms with van der Waals surface area (Å²) in [5.74, 6) is 1.58. The van der Waals surface area contributed by atoms with Gasteiger partial charge in [0.25, 0.3) is 5.91 Å². The van der Waals surface area contributed by atoms with Crippen molar-refractivity contribution in [1.82, 2.24) is 14.5 Å². The molecule has 3 aromatic rings. The van der Waals surface area contributed by atoms with Crippen LogP contribution in [0.1, 0.15) is 28.4 Å². The van der Waals surface area contributed by atoms with E-state index in [9.17, 15) is 9.59 Å². The number of hydrogen-bond donors (Lipinski definition) is 0. The van der Waals surface area contributed by atoms with Crippen LogP contribution in [0.15, 0.2) is 36.7 Å². The van der Waals surface area contributed by atoms with E-state index in [1.165, 1.54) is 6.92 Å². The number of carbonyl (C=O) groups is 2. The molecule has 1 fully saturated rings. The molecule has 0 aliphatic carbocycles. The molecular weight excluding hydrogens is 396 g/mol. The third-order valence-corrected chi connectivity index (χ3v) is 5.87. The van der Waals surface area contributed by atoms with Gasteiger partial charge in [-0.1, -0.05) is 6.07 Å². The molecule has 8 nitrogen and oxygen atoms in total. The molecule has 1 aromatic carbocycles. The monoisotopic (exact) mass is 416 g/mol. The van der Waals surface area contributed by atoms with Crippen LogP contribution < -0.4 is 9.47 Å². The van der Waals surface area contributed by atoms with Gasteiger partial charge in [-0.15, -0.1) is 0 Å². The summed E-state index contributed by atoms with van der Waals surface area (Å²) in [4.78, 5) is 26.1. The normalized spacial score (nSPS) is 17.6. The van der Waals surface area contributed by atoms with Gasteiger partial charge >= 0.3 is 0 Å². The molecule has 1 amide bonds. The van der Waals surface area contributed by atoms with Crippen LogP contribution in [0.25, 0.3) is 5.52 Å². The zero-order valence-electron chi connectivity index (χ0n) is 17.2. The number of likely N-dealkylation sites (tertiary alicyclic amines) is 1. The average Bonchev–Trinajstić information content (AvgIpc) is 3.29. The van der Waals surface area contributed by atoms with Crippen molar-refractivity contribution in [3.63, 3.8) is 0 Å². The summed E-state index contributed by atoms with van der Waals surface area (Å²) in [5.41, 5.74) is 2.99. The first-order valence-electron chi connectivity index (χ1n) is 10.1. The van der Waals surface area contributed by atoms with E-state index in [2.05, 4.69) is 11.2 Å². The number of Topliss-reactive ketones (excluding diaryl/α,β-unsaturated/α-hetero) is 1. The molecule has 0 radical (unpaired) electrons. The van der Waals surface area contributed by atoms with Crippen molar-refractivity contribution in [2.45, 2.75) is 26.4 Å². The van der Waals surface area contributed by atoms with E-state index in [4.69, 9.17) is 14.7 Å². The van der Waals surface area contributed by atoms with E-state index in [-0.39, 0.29) is 17.6 Å². The number of nitrogens with zero attached hydrogens (tertiary/aromatic N) is 4. The summed E-state index contributed by atoms with van der Waals surface area (Å²) in [5, 5.41) is 13.3. The quantitative estimate of drug-likeness (QED) is 0.649. The van der Waals surface area contributed by atoms with E-state index < -0.39 is 6.10 Å². The Morgan fingerprint density at radius 3 is 2.84 bits per heavy atom. The minimum absolute atomic E-state index is 0.00110. The lowest BCUT2D eigenvalue weighted by molar-refractivity contribution is -0.122. The third-order valence-electron chi connectivity index (χ3n) is 5.87. The zero-order valence-corrected chi connectivity index (χ0v) is 17.2. The van der Waals surface area contributed by atoms with Gasteiger partial charge in [0, 0.05) is 37.8 Å². The Hall–Kier alpha value is -3.86. The molecule has 2 aliphatic heterocycles. The van der Waals surface area contributed by atoms with Gasteiger partial charge in [0.15, 0.2) is 17.6 Å². The maximum Gasteiger partial charge on any atom is 0.255 e. The van der Waals surface area contributed by atoms with Crippen molar-refractivity contribution in [3.8, 4) is 23.3 Å². The molecule has 1 unspecified atom stereocenters. The minimum Gasteiger partial charge on any atom is -0.482 e. The van der Waals surface area contributed by atoms with Crippen LogP contribution in [0.4, 0.5) is 0 Å². The fraction of sp³-hybridized carbons (Fsp3) is 0.304. The first kappa shape index (κ1) is 19.1. The summed E-state index contributed by atoms with van der Waals surface area (Å²) in [6, 6.07) is 9.45. The fourth-order valence-corrected chi connectivity index (χ4v) is 4.04. The highest BCUT2D eigenvalue weighted by molar-refractivity contribution is 5.98. The molecule has 0 bridgehead atoms. The summed E-state index contributed by atoms with van der Waals surface area (Å²) in [6.07, 6.45) is 3.43. The summed E-state index contributed by atoms with van der Waals surface area (Å²) < 4.78 is 13.5. The van der Waals surface area contributed by atoms with Gasteiger partial charge in [0.2, 0.25) is 0 Å². The van der Waals surface area contributed by atoms with Crippen molar-refractivity contribution in [2.75, 3.05) is 13.1 Å². The van der Waals surface area contributed by atoms with Crippen molar-refractivity contribution < 1.29 is 19.1 Å². The lowest BCUT2D eigenvalue weighted by Gasteiger charge is -2.35. The smallest absolute Gasteiger partial charge is 0.255 e. The van der Waals surface area contributed by atoms with E-state index in [0.717, 1.165) is 11.1 Å². The van der Waals surface area contributed by atoms with E-state index in [0.29, 0.717) is 47.8 Å². The number of hydrogen-bond acceptors (Lipinski definition) is 6. The van der Waals surface area contributed by atoms with Crippen LogP contribution in [0.5, 0.6) is 17.2 Å². The number of fused-ring (bicyclic) bond motifs is 2. The standard InChI is InChI=1S/C23H20N4O4/c1-13-18(23(29)26-10-15(9-24)11-26)12-27-22(13)19(5-6-25-27)30-17-4-3-16-7-20(14(2)28)31-21(16)8-17/h3-6,8,12,15,20H,7,10-11H2,1-2H3. The van der Waals surface area contributed by atoms with Crippen molar-refractivity contribution in [2.24, 2.45) is 5.92 Å². The van der Waals surface area contributed by atoms with Crippen molar-refractivity contribution in [1.29, 1.82) is 5.26 Å². The molecule has 5 rings (SSSR count). The molecule has 1 atom stereocenters. The number of ether oxygens (including phenoxy) is 2. The van der Waals surface area contributed by atoms with Crippen LogP contribution in [-0.4, -0.2) is 45.4 Å². The first-order chi connectivity index (χ1) is 14.9. The number of ketones is 1. The van der Waals surface area contributed by atoms with Crippen molar-refractivity contribution in [3.05, 3.63) is 53.3 Å². The molecule has 0 N–H and O–H groups in total. The Labute approximate surface area is 178 Å². The van der Waals surface area contributed by atoms with Crippen LogP contribution in [0.3, 0.4) is 0 Å². The summed E-state index contributed by atoms with van der Waals surface area (Å²) in [7, 11) is 0. The Morgan fingerprint density at radius 2 is 2.10 bits per heavy atom. The predicted octanol–water partition coefficient (Wildman–Crippen LogP) is 2.92. The molecule has 31 heavy (non-hydrogen) atoms. The molecule has 2 aromatic heterocycles. The number of aryl methyl sites for hydroxylation is 1. The van der Waals surface area contributed by atoms with Gasteiger partial charge < -0.3 is 14.4 Å². The van der Waals surface area contributed by atoms with Crippen LogP contribution in [0, 0.1) is 24.2 Å². The largest absolute Gasteiger partial charge is 0.482 e. The SMILES string of the molecule is CC(=O)C1Cc2ccc(Oc3ccnn4cc(C(=O)N5CC(C#N)C5)c(C)c34)cc2O1. The molecule has 156 valence electrons. The number of carbonyl (C=O) groups excluding carboxylic acids is 2. The number of benzene rings is 1. The number of rotatable bonds is 4. The van der Waals surface area contributed by atoms with Crippen LogP contribution in [-0.2, 0) is 11.2 Å². The van der Waals surface area contributed by atoms with Crippen LogP contribution in [0.2, 0.25) is 0 Å². The summed E-state index contributed by atoms with van der Waals surface area (Å²) >= 11 is 0. The highest BCUT2D eigenvalue weighted by atomic mass is 16.5. The Kier molecular flexibility index (Phi) is 4.40. The highest BCUT2D eigenvalue weighted by Crippen LogP contribution is 2.36. The zero-order chi connectivity index (χ0) is 21.7. The number of amides is 1. The number of nitriles is 1. The topological polar surface area (TPSA) is 96.9 Å². The van der Waals surface area contributed by atoms with Gasteiger partial charge in [-0.05, 0) is 31.0 Å². The predicted molar refractivity (Wildman–Crippen MR) is 110 cm³/mol. The molecular formula is C23H20N4O4. The van der Waals surface area contributed by atoms with Gasteiger partial charge in [0.1, 0.15) is 17.0 Å². The molecule has 8 heteroatoms. The second-order valence-corrected chi connectivity index (χ2v) is 7.99. The third kappa shape index (κ3) is 3.19. The van der Waals surface area contributed by atoms with Gasteiger partial charge in [0.05, 0.1) is 23.7 Å². The molecule has 0 spiro atoms. The maximum atomic E-state index is 12.9. The van der Waals surface area contributed by atoms with Crippen LogP contribution >= 0.6 is 0 Å².